The number of hydrogen-bond acceptors (Lipinski definition) is 1. The molecule has 0 aromatic heterocycles. The molecule has 0 amide bonds. The quantitative estimate of drug-likeness (QED) is 0.686. The molecule has 1 aliphatic rings. The number of rotatable bonds is 1. The summed E-state index contributed by atoms with van der Waals surface area (Å²) in [4.78, 5) is 0. The first-order valence-electron chi connectivity index (χ1n) is 6.17. The molecule has 0 atom stereocenters. The largest absolute Gasteiger partial charge is 0.416 e. The lowest BCUT2D eigenvalue weighted by atomic mass is 9.69. The molecule has 1 saturated carbocycles. The summed E-state index contributed by atoms with van der Waals surface area (Å²) in [5.74, 6) is -0.931. The highest BCUT2D eigenvalue weighted by Crippen LogP contribution is 2.44. The van der Waals surface area contributed by atoms with Crippen LogP contribution < -0.4 is 0 Å². The second-order valence-electron chi connectivity index (χ2n) is 4.94. The van der Waals surface area contributed by atoms with Gasteiger partial charge < -0.3 is 0 Å². The summed E-state index contributed by atoms with van der Waals surface area (Å²) < 4.78 is 52.1. The molecule has 1 aliphatic carbocycles. The van der Waals surface area contributed by atoms with Gasteiger partial charge in [0.05, 0.1) is 17.0 Å². The molecule has 0 heterocycles. The van der Waals surface area contributed by atoms with E-state index >= 15 is 0 Å². The predicted octanol–water partition coefficient (Wildman–Crippen LogP) is 4.57. The molecule has 0 radical (unpaired) electrons. The monoisotopic (exact) mass is 271 g/mol. The maximum absolute atomic E-state index is 13.1. The van der Waals surface area contributed by atoms with Gasteiger partial charge in [-0.2, -0.15) is 18.4 Å². The molecular weight excluding hydrogens is 258 g/mol. The van der Waals surface area contributed by atoms with E-state index in [1.54, 1.807) is 0 Å². The van der Waals surface area contributed by atoms with Crippen LogP contribution in [0.4, 0.5) is 17.6 Å². The third-order valence-corrected chi connectivity index (χ3v) is 3.72. The highest BCUT2D eigenvalue weighted by molar-refractivity contribution is 5.41. The summed E-state index contributed by atoms with van der Waals surface area (Å²) >= 11 is 0. The van der Waals surface area contributed by atoms with E-state index in [9.17, 15) is 22.8 Å². The average Bonchev–Trinajstić information content (AvgIpc) is 2.38. The van der Waals surface area contributed by atoms with Crippen LogP contribution in [0.5, 0.6) is 0 Å². The minimum absolute atomic E-state index is 0.0800. The summed E-state index contributed by atoms with van der Waals surface area (Å²) in [5, 5.41) is 9.34. The zero-order chi connectivity index (χ0) is 14.1. The fourth-order valence-electron chi connectivity index (χ4n) is 2.77. The molecule has 19 heavy (non-hydrogen) atoms. The van der Waals surface area contributed by atoms with Gasteiger partial charge in [0.15, 0.2) is 0 Å². The van der Waals surface area contributed by atoms with E-state index in [-0.39, 0.29) is 5.56 Å². The summed E-state index contributed by atoms with van der Waals surface area (Å²) in [6.07, 6.45) is -1.47. The van der Waals surface area contributed by atoms with Crippen LogP contribution in [0.2, 0.25) is 0 Å². The smallest absolute Gasteiger partial charge is 0.207 e. The zero-order valence-electron chi connectivity index (χ0n) is 10.2. The summed E-state index contributed by atoms with van der Waals surface area (Å²) in [5.41, 5.74) is -2.23. The van der Waals surface area contributed by atoms with E-state index < -0.39 is 23.0 Å². The van der Waals surface area contributed by atoms with Crippen LogP contribution in [0, 0.1) is 17.1 Å². The van der Waals surface area contributed by atoms with Crippen molar-refractivity contribution >= 4 is 0 Å². The fraction of sp³-hybridized carbons (Fsp3) is 0.500. The average molecular weight is 271 g/mol. The van der Waals surface area contributed by atoms with Crippen LogP contribution in [0.15, 0.2) is 18.2 Å². The summed E-state index contributed by atoms with van der Waals surface area (Å²) in [6, 6.07) is 4.65. The van der Waals surface area contributed by atoms with E-state index in [1.807, 2.05) is 6.07 Å². The standard InChI is InChI=1S/C14H13F4N/c15-10-4-5-11(12(8-10)14(16,17)18)13(9-19)6-2-1-3-7-13/h4-5,8H,1-3,6-7H2. The van der Waals surface area contributed by atoms with E-state index in [0.29, 0.717) is 18.9 Å². The molecule has 1 nitrogen and oxygen atoms in total. The van der Waals surface area contributed by atoms with Crippen LogP contribution in [0.1, 0.15) is 43.2 Å². The Morgan fingerprint density at radius 3 is 2.26 bits per heavy atom. The SMILES string of the molecule is N#CC1(c2ccc(F)cc2C(F)(F)F)CCCCC1. The van der Waals surface area contributed by atoms with Gasteiger partial charge in [-0.15, -0.1) is 0 Å². The van der Waals surface area contributed by atoms with Crippen molar-refractivity contribution in [1.29, 1.82) is 5.26 Å². The minimum atomic E-state index is -4.64. The van der Waals surface area contributed by atoms with Gasteiger partial charge in [0.2, 0.25) is 0 Å². The Balaban J connectivity index is 2.58. The molecule has 0 bridgehead atoms. The van der Waals surface area contributed by atoms with E-state index in [0.717, 1.165) is 31.4 Å². The van der Waals surface area contributed by atoms with Crippen LogP contribution in [0.3, 0.4) is 0 Å². The molecule has 2 rings (SSSR count). The Kier molecular flexibility index (Phi) is 3.53. The lowest BCUT2D eigenvalue weighted by molar-refractivity contribution is -0.138. The number of hydrogen-bond donors (Lipinski definition) is 0. The molecule has 0 spiro atoms. The Morgan fingerprint density at radius 1 is 1.11 bits per heavy atom. The number of nitriles is 1. The first-order chi connectivity index (χ1) is 8.89. The van der Waals surface area contributed by atoms with Crippen molar-refractivity contribution in [1.82, 2.24) is 0 Å². The van der Waals surface area contributed by atoms with Gasteiger partial charge in [-0.3, -0.25) is 0 Å². The van der Waals surface area contributed by atoms with Gasteiger partial charge in [-0.25, -0.2) is 4.39 Å². The third kappa shape index (κ3) is 2.58. The molecular formula is C14H13F4N. The zero-order valence-corrected chi connectivity index (χ0v) is 10.2. The van der Waals surface area contributed by atoms with E-state index in [2.05, 4.69) is 0 Å². The topological polar surface area (TPSA) is 23.8 Å². The van der Waals surface area contributed by atoms with Crippen molar-refractivity contribution in [2.45, 2.75) is 43.7 Å². The van der Waals surface area contributed by atoms with Crippen molar-refractivity contribution in [3.05, 3.63) is 35.1 Å². The maximum atomic E-state index is 13.1. The summed E-state index contributed by atoms with van der Waals surface area (Å²) in [6.45, 7) is 0. The second-order valence-corrected chi connectivity index (χ2v) is 4.94. The Labute approximate surface area is 108 Å². The van der Waals surface area contributed by atoms with Crippen LogP contribution >= 0.6 is 0 Å². The van der Waals surface area contributed by atoms with Crippen molar-refractivity contribution in [2.75, 3.05) is 0 Å². The van der Waals surface area contributed by atoms with Crippen LogP contribution in [0.25, 0.3) is 0 Å². The number of benzene rings is 1. The summed E-state index contributed by atoms with van der Waals surface area (Å²) in [7, 11) is 0. The Morgan fingerprint density at radius 2 is 1.74 bits per heavy atom. The molecule has 5 heteroatoms. The first-order valence-corrected chi connectivity index (χ1v) is 6.17. The minimum Gasteiger partial charge on any atom is -0.207 e. The molecule has 1 aromatic carbocycles. The van der Waals surface area contributed by atoms with Gasteiger partial charge >= 0.3 is 6.18 Å². The Bertz CT molecular complexity index is 507. The van der Waals surface area contributed by atoms with Crippen molar-refractivity contribution in [3.63, 3.8) is 0 Å². The molecule has 0 saturated heterocycles. The lowest BCUT2D eigenvalue weighted by Crippen LogP contribution is -2.30. The van der Waals surface area contributed by atoms with Gasteiger partial charge in [-0.05, 0) is 30.5 Å². The number of halogens is 4. The van der Waals surface area contributed by atoms with E-state index in [1.165, 1.54) is 0 Å². The van der Waals surface area contributed by atoms with Gasteiger partial charge in [0.1, 0.15) is 5.82 Å². The van der Waals surface area contributed by atoms with Gasteiger partial charge in [0.25, 0.3) is 0 Å². The molecule has 0 aliphatic heterocycles. The third-order valence-electron chi connectivity index (χ3n) is 3.72. The molecule has 1 aromatic rings. The van der Waals surface area contributed by atoms with E-state index in [4.69, 9.17) is 0 Å². The van der Waals surface area contributed by atoms with Crippen molar-refractivity contribution in [2.24, 2.45) is 0 Å². The van der Waals surface area contributed by atoms with Gasteiger partial charge in [-0.1, -0.05) is 25.3 Å². The van der Waals surface area contributed by atoms with Gasteiger partial charge in [0, 0.05) is 0 Å². The predicted molar refractivity (Wildman–Crippen MR) is 61.8 cm³/mol. The molecule has 0 unspecified atom stereocenters. The van der Waals surface area contributed by atoms with Crippen LogP contribution in [-0.4, -0.2) is 0 Å². The highest BCUT2D eigenvalue weighted by atomic mass is 19.4. The lowest BCUT2D eigenvalue weighted by Gasteiger charge is -2.33. The highest BCUT2D eigenvalue weighted by Gasteiger charge is 2.42. The second kappa shape index (κ2) is 4.84. The van der Waals surface area contributed by atoms with Crippen molar-refractivity contribution < 1.29 is 17.6 Å². The number of alkyl halides is 3. The maximum Gasteiger partial charge on any atom is 0.416 e. The van der Waals surface area contributed by atoms with Crippen LogP contribution in [-0.2, 0) is 11.6 Å². The molecule has 102 valence electrons. The first kappa shape index (κ1) is 13.9. The fourth-order valence-corrected chi connectivity index (χ4v) is 2.77. The van der Waals surface area contributed by atoms with Crippen molar-refractivity contribution in [3.8, 4) is 6.07 Å². The molecule has 0 N–H and O–H groups in total. The normalized spacial score (nSPS) is 18.9. The molecule has 1 fully saturated rings. The Hall–Kier alpha value is -1.57. The number of nitrogens with zero attached hydrogens (tertiary/aromatic N) is 1.